The first-order valence-electron chi connectivity index (χ1n) is 3.18. The lowest BCUT2D eigenvalue weighted by molar-refractivity contribution is 0.630. The van der Waals surface area contributed by atoms with Gasteiger partial charge in [0.05, 0.1) is 7.05 Å². The number of nitrogens with one attached hydrogen (secondary N) is 1. The molecule has 2 aromatic rings. The van der Waals surface area contributed by atoms with Gasteiger partial charge in [-0.05, 0) is 5.21 Å². The number of aromatic amines is 1. The van der Waals surface area contributed by atoms with Crippen molar-refractivity contribution < 1.29 is 0 Å². The van der Waals surface area contributed by atoms with Crippen LogP contribution in [-0.2, 0) is 7.05 Å². The van der Waals surface area contributed by atoms with E-state index in [4.69, 9.17) is 5.73 Å². The van der Waals surface area contributed by atoms with E-state index in [1.54, 1.807) is 7.05 Å². The minimum Gasteiger partial charge on any atom is -0.366 e. The Morgan fingerprint density at radius 1 is 1.50 bits per heavy atom. The molecule has 0 unspecified atom stereocenters. The first-order valence-corrected chi connectivity index (χ1v) is 3.18. The monoisotopic (exact) mass is 166 g/mol. The van der Waals surface area contributed by atoms with Gasteiger partial charge in [0.2, 0.25) is 11.8 Å². The van der Waals surface area contributed by atoms with Gasteiger partial charge >= 0.3 is 0 Å². The molecule has 2 heterocycles. The maximum atomic E-state index is 5.29. The molecule has 0 atom stereocenters. The molecule has 0 fully saturated rings. The second-order valence-electron chi connectivity index (χ2n) is 2.14. The molecule has 0 saturated carbocycles. The van der Waals surface area contributed by atoms with Gasteiger partial charge in [-0.25, -0.2) is 0 Å². The van der Waals surface area contributed by atoms with Crippen LogP contribution in [0.4, 0.5) is 5.95 Å². The van der Waals surface area contributed by atoms with E-state index in [0.29, 0.717) is 11.6 Å². The third kappa shape index (κ3) is 0.983. The van der Waals surface area contributed by atoms with Gasteiger partial charge < -0.3 is 5.73 Å². The van der Waals surface area contributed by atoms with Gasteiger partial charge in [-0.2, -0.15) is 9.78 Å². The molecule has 8 nitrogen and oxygen atoms in total. The summed E-state index contributed by atoms with van der Waals surface area (Å²) in [5.74, 6) is 0.958. The molecule has 0 bridgehead atoms. The number of nitrogen functional groups attached to an aromatic ring is 1. The number of aryl methyl sites for hydroxylation is 1. The first kappa shape index (κ1) is 6.70. The fourth-order valence-corrected chi connectivity index (χ4v) is 0.754. The van der Waals surface area contributed by atoms with Crippen molar-refractivity contribution in [1.82, 2.24) is 35.4 Å². The second kappa shape index (κ2) is 2.26. The van der Waals surface area contributed by atoms with Gasteiger partial charge in [-0.3, -0.25) is 5.10 Å². The predicted octanol–water partition coefficient (Wildman–Crippen LogP) is -1.42. The van der Waals surface area contributed by atoms with Crippen LogP contribution < -0.4 is 5.73 Å². The third-order valence-corrected chi connectivity index (χ3v) is 1.22. The Morgan fingerprint density at radius 3 is 2.83 bits per heavy atom. The topological polar surface area (TPSA) is 111 Å². The standard InChI is InChI=1S/C4H6N8/c1-12-10-3(8-11-12)2-6-4(5)9-7-2/h1H3,(H3,5,6,7,9). The number of anilines is 1. The molecule has 62 valence electrons. The number of aromatic nitrogens is 7. The maximum Gasteiger partial charge on any atom is 0.241 e. The van der Waals surface area contributed by atoms with E-state index in [0.717, 1.165) is 0 Å². The molecular weight excluding hydrogens is 160 g/mol. The van der Waals surface area contributed by atoms with E-state index in [1.807, 2.05) is 0 Å². The number of hydrogen-bond acceptors (Lipinski definition) is 6. The average Bonchev–Trinajstić information content (AvgIpc) is 2.58. The molecule has 0 aliphatic rings. The summed E-state index contributed by atoms with van der Waals surface area (Å²) >= 11 is 0. The number of rotatable bonds is 1. The Labute approximate surface area is 66.8 Å². The first-order chi connectivity index (χ1) is 5.75. The predicted molar refractivity (Wildman–Crippen MR) is 38.6 cm³/mol. The Hall–Kier alpha value is -1.99. The number of tetrazole rings is 1. The zero-order valence-corrected chi connectivity index (χ0v) is 6.26. The van der Waals surface area contributed by atoms with Crippen molar-refractivity contribution in [1.29, 1.82) is 0 Å². The summed E-state index contributed by atoms with van der Waals surface area (Å²) in [6.07, 6.45) is 0. The quantitative estimate of drug-likeness (QED) is 0.537. The highest BCUT2D eigenvalue weighted by atomic mass is 15.6. The van der Waals surface area contributed by atoms with Gasteiger partial charge in [0, 0.05) is 0 Å². The van der Waals surface area contributed by atoms with Gasteiger partial charge in [-0.1, -0.05) is 0 Å². The van der Waals surface area contributed by atoms with E-state index in [-0.39, 0.29) is 5.95 Å². The summed E-state index contributed by atoms with van der Waals surface area (Å²) in [7, 11) is 1.66. The fourth-order valence-electron chi connectivity index (χ4n) is 0.754. The van der Waals surface area contributed by atoms with Crippen LogP contribution in [0.5, 0.6) is 0 Å². The summed E-state index contributed by atoms with van der Waals surface area (Å²) in [5, 5.41) is 17.4. The van der Waals surface area contributed by atoms with Crippen LogP contribution in [-0.4, -0.2) is 35.4 Å². The number of hydrogen-bond donors (Lipinski definition) is 2. The van der Waals surface area contributed by atoms with Gasteiger partial charge in [0.25, 0.3) is 0 Å². The van der Waals surface area contributed by atoms with Crippen LogP contribution in [0.15, 0.2) is 0 Å². The normalized spacial score (nSPS) is 10.4. The zero-order valence-electron chi connectivity index (χ0n) is 6.26. The molecule has 0 aromatic carbocycles. The molecule has 12 heavy (non-hydrogen) atoms. The minimum atomic E-state index is 0.164. The van der Waals surface area contributed by atoms with E-state index in [9.17, 15) is 0 Å². The van der Waals surface area contributed by atoms with Crippen molar-refractivity contribution in [3.8, 4) is 11.6 Å². The van der Waals surface area contributed by atoms with E-state index in [2.05, 4.69) is 30.6 Å². The van der Waals surface area contributed by atoms with Crippen LogP contribution >= 0.6 is 0 Å². The lowest BCUT2D eigenvalue weighted by atomic mass is 10.6. The van der Waals surface area contributed by atoms with Crippen LogP contribution in [0, 0.1) is 0 Å². The number of H-pyrrole nitrogens is 1. The van der Waals surface area contributed by atoms with Crippen molar-refractivity contribution in [3.63, 3.8) is 0 Å². The Morgan fingerprint density at radius 2 is 2.33 bits per heavy atom. The summed E-state index contributed by atoms with van der Waals surface area (Å²) in [6, 6.07) is 0. The maximum absolute atomic E-state index is 5.29. The molecular formula is C4H6N8. The van der Waals surface area contributed by atoms with Crippen molar-refractivity contribution in [2.24, 2.45) is 7.05 Å². The fraction of sp³-hybridized carbons (Fsp3) is 0.250. The molecule has 0 amide bonds. The van der Waals surface area contributed by atoms with Crippen LogP contribution in [0.3, 0.4) is 0 Å². The second-order valence-corrected chi connectivity index (χ2v) is 2.14. The average molecular weight is 166 g/mol. The highest BCUT2D eigenvalue weighted by Crippen LogP contribution is 2.05. The van der Waals surface area contributed by atoms with Crippen molar-refractivity contribution in [2.45, 2.75) is 0 Å². The third-order valence-electron chi connectivity index (χ3n) is 1.22. The molecule has 2 aromatic heterocycles. The lowest BCUT2D eigenvalue weighted by Gasteiger charge is -1.81. The molecule has 0 aliphatic heterocycles. The summed E-state index contributed by atoms with van der Waals surface area (Å²) in [4.78, 5) is 5.15. The highest BCUT2D eigenvalue weighted by molar-refractivity contribution is 5.42. The Balaban J connectivity index is 2.43. The van der Waals surface area contributed by atoms with Gasteiger partial charge in [0.15, 0.2) is 5.82 Å². The molecule has 0 aliphatic carbocycles. The van der Waals surface area contributed by atoms with Crippen LogP contribution in [0.25, 0.3) is 11.6 Å². The smallest absolute Gasteiger partial charge is 0.241 e. The molecule has 3 N–H and O–H groups in total. The molecule has 8 heteroatoms. The van der Waals surface area contributed by atoms with Crippen molar-refractivity contribution >= 4 is 5.95 Å². The van der Waals surface area contributed by atoms with Crippen molar-refractivity contribution in [2.75, 3.05) is 5.73 Å². The van der Waals surface area contributed by atoms with E-state index >= 15 is 0 Å². The van der Waals surface area contributed by atoms with Crippen molar-refractivity contribution in [3.05, 3.63) is 0 Å². The lowest BCUT2D eigenvalue weighted by Crippen LogP contribution is -1.92. The SMILES string of the molecule is Cn1nnc(-c2nc(N)n[nH]2)n1. The highest BCUT2D eigenvalue weighted by Gasteiger charge is 2.07. The molecule has 0 saturated heterocycles. The van der Waals surface area contributed by atoms with Crippen LogP contribution in [0.1, 0.15) is 0 Å². The van der Waals surface area contributed by atoms with E-state index < -0.39 is 0 Å². The van der Waals surface area contributed by atoms with Crippen LogP contribution in [0.2, 0.25) is 0 Å². The van der Waals surface area contributed by atoms with E-state index in [1.165, 1.54) is 4.80 Å². The number of nitrogens with two attached hydrogens (primary N) is 1. The van der Waals surface area contributed by atoms with Gasteiger partial charge in [-0.15, -0.1) is 15.3 Å². The largest absolute Gasteiger partial charge is 0.366 e. The Kier molecular flexibility index (Phi) is 1.26. The summed E-state index contributed by atoms with van der Waals surface area (Å²) in [6.45, 7) is 0. The molecule has 0 radical (unpaired) electrons. The number of nitrogens with zero attached hydrogens (tertiary/aromatic N) is 6. The Bertz CT molecular complexity index is 347. The summed E-state index contributed by atoms with van der Waals surface area (Å²) < 4.78 is 0. The molecule has 2 rings (SSSR count). The van der Waals surface area contributed by atoms with Gasteiger partial charge in [0.1, 0.15) is 0 Å². The summed E-state index contributed by atoms with van der Waals surface area (Å²) in [5.41, 5.74) is 5.29. The minimum absolute atomic E-state index is 0.164. The molecule has 0 spiro atoms. The zero-order chi connectivity index (χ0) is 8.55.